The lowest BCUT2D eigenvalue weighted by Crippen LogP contribution is -2.55. The van der Waals surface area contributed by atoms with E-state index in [1.165, 1.54) is 0 Å². The summed E-state index contributed by atoms with van der Waals surface area (Å²) < 4.78 is 0. The molecule has 8 nitrogen and oxygen atoms in total. The average molecular weight is 406 g/mol. The number of carbonyl (C=O) groups excluding carboxylic acids is 2. The van der Waals surface area contributed by atoms with Crippen LogP contribution in [0.15, 0.2) is 42.5 Å². The Labute approximate surface area is 175 Å². The van der Waals surface area contributed by atoms with Crippen LogP contribution < -0.4 is 21.7 Å². The van der Waals surface area contributed by atoms with Gasteiger partial charge in [-0.05, 0) is 36.6 Å². The molecule has 4 N–H and O–H groups in total. The van der Waals surface area contributed by atoms with Gasteiger partial charge in [0, 0.05) is 44.4 Å². The molecule has 30 heavy (non-hydrogen) atoms. The van der Waals surface area contributed by atoms with E-state index in [0.29, 0.717) is 31.7 Å². The molecule has 0 spiro atoms. The predicted molar refractivity (Wildman–Crippen MR) is 116 cm³/mol. The molecule has 1 saturated heterocycles. The third kappa shape index (κ3) is 3.18. The van der Waals surface area contributed by atoms with Crippen molar-refractivity contribution in [2.75, 3.05) is 43.7 Å². The molecule has 8 heteroatoms. The van der Waals surface area contributed by atoms with Crippen molar-refractivity contribution in [1.82, 2.24) is 15.3 Å². The van der Waals surface area contributed by atoms with Crippen LogP contribution in [0.4, 0.5) is 11.4 Å². The SMILES string of the molecule is CN1NNc2c(-c3ccc(C(=O)N4CCN(C(=O)C5(N)CC5)CC4)cc3)cccc21. The fourth-order valence-electron chi connectivity index (χ4n) is 4.14. The molecule has 2 aromatic carbocycles. The van der Waals surface area contributed by atoms with Crippen molar-refractivity contribution in [3.8, 4) is 11.1 Å². The lowest BCUT2D eigenvalue weighted by Gasteiger charge is -2.36. The third-order valence-electron chi connectivity index (χ3n) is 6.26. The van der Waals surface area contributed by atoms with Crippen molar-refractivity contribution >= 4 is 23.2 Å². The van der Waals surface area contributed by atoms with Crippen LogP contribution >= 0.6 is 0 Å². The summed E-state index contributed by atoms with van der Waals surface area (Å²) in [4.78, 5) is 28.9. The summed E-state index contributed by atoms with van der Waals surface area (Å²) in [7, 11) is 1.95. The van der Waals surface area contributed by atoms with Crippen LogP contribution in [0.5, 0.6) is 0 Å². The number of hydrogen-bond acceptors (Lipinski definition) is 6. The molecular formula is C22H26N6O2. The maximum absolute atomic E-state index is 12.9. The van der Waals surface area contributed by atoms with Crippen molar-refractivity contribution in [2.24, 2.45) is 5.73 Å². The fraction of sp³-hybridized carbons (Fsp3) is 0.364. The molecule has 3 aliphatic rings. The standard InChI is InChI=1S/C22H26N6O2/c1-26-18-4-2-3-17(19(18)24-25-26)15-5-7-16(8-6-15)20(29)27-11-13-28(14-12-27)21(30)22(23)9-10-22/h2-8,24-25H,9-14,23H2,1H3. The number of piperazine rings is 1. The summed E-state index contributed by atoms with van der Waals surface area (Å²) in [5, 5.41) is 1.93. The van der Waals surface area contributed by atoms with Crippen LogP contribution in [0.3, 0.4) is 0 Å². The van der Waals surface area contributed by atoms with Gasteiger partial charge in [-0.15, -0.1) is 5.53 Å². The Bertz CT molecular complexity index is 993. The predicted octanol–water partition coefficient (Wildman–Crippen LogP) is 1.41. The number of nitrogens with zero attached hydrogens (tertiary/aromatic N) is 3. The number of benzene rings is 2. The topological polar surface area (TPSA) is 93.9 Å². The van der Waals surface area contributed by atoms with E-state index in [1.807, 2.05) is 53.4 Å². The van der Waals surface area contributed by atoms with Gasteiger partial charge >= 0.3 is 0 Å². The summed E-state index contributed by atoms with van der Waals surface area (Å²) in [6, 6.07) is 13.8. The summed E-state index contributed by atoms with van der Waals surface area (Å²) in [6.45, 7) is 2.17. The van der Waals surface area contributed by atoms with Crippen LogP contribution in [0.2, 0.25) is 0 Å². The summed E-state index contributed by atoms with van der Waals surface area (Å²) >= 11 is 0. The molecule has 0 bridgehead atoms. The lowest BCUT2D eigenvalue weighted by molar-refractivity contribution is -0.135. The van der Waals surface area contributed by atoms with Crippen LogP contribution in [0.1, 0.15) is 23.2 Å². The molecule has 2 aliphatic heterocycles. The first-order chi connectivity index (χ1) is 14.5. The second-order valence-electron chi connectivity index (χ2n) is 8.31. The Hall–Kier alpha value is -3.10. The molecule has 5 rings (SSSR count). The van der Waals surface area contributed by atoms with E-state index in [-0.39, 0.29) is 11.8 Å². The van der Waals surface area contributed by atoms with Gasteiger partial charge in [-0.1, -0.05) is 24.3 Å². The second-order valence-corrected chi connectivity index (χ2v) is 8.31. The lowest BCUT2D eigenvalue weighted by atomic mass is 10.0. The number of rotatable bonds is 3. The normalized spacial score (nSPS) is 19.3. The molecule has 1 saturated carbocycles. The van der Waals surface area contributed by atoms with Gasteiger partial charge in [0.1, 0.15) is 0 Å². The highest BCUT2D eigenvalue weighted by Crippen LogP contribution is 2.38. The van der Waals surface area contributed by atoms with E-state index in [9.17, 15) is 9.59 Å². The first-order valence-electron chi connectivity index (χ1n) is 10.3. The Balaban J connectivity index is 1.26. The number of nitrogens with one attached hydrogen (secondary N) is 2. The van der Waals surface area contributed by atoms with Crippen molar-refractivity contribution in [3.05, 3.63) is 48.0 Å². The van der Waals surface area contributed by atoms with Gasteiger partial charge < -0.3 is 21.0 Å². The summed E-state index contributed by atoms with van der Waals surface area (Å²) in [5.74, 6) is 0.0310. The average Bonchev–Trinajstić information content (AvgIpc) is 3.43. The Morgan fingerprint density at radius 3 is 2.30 bits per heavy atom. The largest absolute Gasteiger partial charge is 0.338 e. The maximum Gasteiger partial charge on any atom is 0.253 e. The number of hydrazine groups is 2. The van der Waals surface area contributed by atoms with Gasteiger partial charge in [-0.3, -0.25) is 14.6 Å². The van der Waals surface area contributed by atoms with E-state index in [2.05, 4.69) is 17.0 Å². The molecule has 0 radical (unpaired) electrons. The smallest absolute Gasteiger partial charge is 0.253 e. The highest BCUT2D eigenvalue weighted by molar-refractivity contribution is 5.96. The summed E-state index contributed by atoms with van der Waals surface area (Å²) in [5.41, 5.74) is 16.5. The second kappa shape index (κ2) is 7.00. The molecule has 0 unspecified atom stereocenters. The molecule has 2 heterocycles. The molecule has 0 aromatic heterocycles. The van der Waals surface area contributed by atoms with Crippen LogP contribution in [-0.2, 0) is 4.79 Å². The monoisotopic (exact) mass is 406 g/mol. The minimum Gasteiger partial charge on any atom is -0.338 e. The minimum atomic E-state index is -0.640. The zero-order chi connectivity index (χ0) is 20.9. The third-order valence-corrected chi connectivity index (χ3v) is 6.26. The molecule has 2 amide bonds. The molecule has 2 fully saturated rings. The van der Waals surface area contributed by atoms with Crippen molar-refractivity contribution < 1.29 is 9.59 Å². The van der Waals surface area contributed by atoms with Crippen LogP contribution in [0.25, 0.3) is 11.1 Å². The van der Waals surface area contributed by atoms with Gasteiger partial charge in [0.05, 0.1) is 16.9 Å². The number of hydrogen-bond donors (Lipinski definition) is 3. The van der Waals surface area contributed by atoms with E-state index < -0.39 is 5.54 Å². The number of para-hydroxylation sites is 1. The highest BCUT2D eigenvalue weighted by Gasteiger charge is 2.48. The molecule has 2 aromatic rings. The Morgan fingerprint density at radius 2 is 1.63 bits per heavy atom. The number of nitrogens with two attached hydrogens (primary N) is 1. The molecular weight excluding hydrogens is 380 g/mol. The first-order valence-corrected chi connectivity index (χ1v) is 10.3. The molecule has 1 aliphatic carbocycles. The van der Waals surface area contributed by atoms with E-state index in [0.717, 1.165) is 35.3 Å². The maximum atomic E-state index is 12.9. The van der Waals surface area contributed by atoms with Crippen molar-refractivity contribution in [3.63, 3.8) is 0 Å². The van der Waals surface area contributed by atoms with E-state index in [1.54, 1.807) is 4.90 Å². The molecule has 0 atom stereocenters. The van der Waals surface area contributed by atoms with E-state index >= 15 is 0 Å². The summed E-state index contributed by atoms with van der Waals surface area (Å²) in [6.07, 6.45) is 1.54. The number of carbonyl (C=O) groups is 2. The van der Waals surface area contributed by atoms with Gasteiger partial charge in [0.25, 0.3) is 5.91 Å². The Morgan fingerprint density at radius 1 is 0.967 bits per heavy atom. The minimum absolute atomic E-state index is 0.000322. The highest BCUT2D eigenvalue weighted by atomic mass is 16.2. The van der Waals surface area contributed by atoms with E-state index in [4.69, 9.17) is 5.73 Å². The first kappa shape index (κ1) is 18.9. The number of anilines is 2. The quantitative estimate of drug-likeness (QED) is 0.714. The fourth-order valence-corrected chi connectivity index (χ4v) is 4.14. The van der Waals surface area contributed by atoms with Crippen molar-refractivity contribution in [1.29, 1.82) is 0 Å². The van der Waals surface area contributed by atoms with Gasteiger partial charge in [-0.25, -0.2) is 0 Å². The Kier molecular flexibility index (Phi) is 4.41. The zero-order valence-corrected chi connectivity index (χ0v) is 17.0. The van der Waals surface area contributed by atoms with Gasteiger partial charge in [0.2, 0.25) is 5.91 Å². The number of fused-ring (bicyclic) bond motifs is 1. The van der Waals surface area contributed by atoms with Crippen molar-refractivity contribution in [2.45, 2.75) is 18.4 Å². The molecule has 156 valence electrons. The van der Waals surface area contributed by atoms with Crippen LogP contribution in [0, 0.1) is 0 Å². The number of amides is 2. The van der Waals surface area contributed by atoms with Gasteiger partial charge in [-0.2, -0.15) is 0 Å². The zero-order valence-electron chi connectivity index (χ0n) is 17.0. The van der Waals surface area contributed by atoms with Crippen LogP contribution in [-0.4, -0.2) is 60.4 Å². The van der Waals surface area contributed by atoms with Gasteiger partial charge in [0.15, 0.2) is 0 Å².